The van der Waals surface area contributed by atoms with E-state index in [9.17, 15) is 0 Å². The van der Waals surface area contributed by atoms with Crippen LogP contribution < -0.4 is 15.3 Å². The summed E-state index contributed by atoms with van der Waals surface area (Å²) in [7, 11) is -0.265. The van der Waals surface area contributed by atoms with Crippen molar-refractivity contribution < 1.29 is 9.31 Å². The molecule has 8 aromatic rings. The van der Waals surface area contributed by atoms with Crippen LogP contribution in [0.15, 0.2) is 182 Å². The maximum absolute atomic E-state index is 5.64. The first kappa shape index (κ1) is 43.9. The molecular weight excluding hydrogens is 775 g/mol. The molecule has 2 aromatic heterocycles. The first-order valence-electron chi connectivity index (χ1n) is 19.8. The minimum Gasteiger partial charge on any atom is -0.405 e. The van der Waals surface area contributed by atoms with Gasteiger partial charge in [-0.1, -0.05) is 116 Å². The lowest BCUT2D eigenvalue weighted by Gasteiger charge is -2.26. The number of anilines is 6. The molecule has 0 atom stereocenters. The molecule has 1 aliphatic rings. The van der Waals surface area contributed by atoms with Crippen molar-refractivity contribution in [3.63, 3.8) is 0 Å². The summed E-state index contributed by atoms with van der Waals surface area (Å²) < 4.78 is 11.3. The fourth-order valence-electron chi connectivity index (χ4n) is 6.82. The number of hydrogen-bond donors (Lipinski definition) is 0. The van der Waals surface area contributed by atoms with Crippen molar-refractivity contribution in [1.29, 1.82) is 0 Å². The zero-order chi connectivity index (χ0) is 41.7. The summed E-state index contributed by atoms with van der Waals surface area (Å²) in [6.45, 7) is 8.99. The van der Waals surface area contributed by atoms with Crippen LogP contribution in [0.1, 0.15) is 30.2 Å². The van der Waals surface area contributed by atoms with E-state index in [0.29, 0.717) is 18.4 Å². The van der Waals surface area contributed by atoms with Gasteiger partial charge in [-0.05, 0) is 106 Å². The Morgan fingerprint density at radius 3 is 1.33 bits per heavy atom. The van der Waals surface area contributed by atoms with Gasteiger partial charge >= 0.3 is 7.12 Å². The highest BCUT2D eigenvalue weighted by molar-refractivity contribution is 6.61. The monoisotopic (exact) mass is 824 g/mol. The van der Waals surface area contributed by atoms with E-state index in [0.717, 1.165) is 73.6 Å². The minimum atomic E-state index is -0.265. The van der Waals surface area contributed by atoms with Crippen molar-refractivity contribution in [2.75, 3.05) is 23.0 Å². The summed E-state index contributed by atoms with van der Waals surface area (Å²) in [5.41, 5.74) is 13.2. The Labute approximate surface area is 365 Å². The Bertz CT molecular complexity index is 2500. The summed E-state index contributed by atoms with van der Waals surface area (Å²) in [5, 5.41) is 0.487. The molecule has 9 rings (SSSR count). The van der Waals surface area contributed by atoms with Crippen LogP contribution in [0.4, 0.5) is 34.1 Å². The highest BCUT2D eigenvalue weighted by Gasteiger charge is 2.27. The fourth-order valence-corrected chi connectivity index (χ4v) is 6.91. The average Bonchev–Trinajstić information content (AvgIpc) is 3.83. The number of para-hydroxylation sites is 4. The van der Waals surface area contributed by atoms with Gasteiger partial charge in [-0.15, -0.1) is 0 Å². The number of hydrogen-bond acceptors (Lipinski definition) is 8. The van der Waals surface area contributed by atoms with E-state index in [1.165, 1.54) is 0 Å². The van der Waals surface area contributed by atoms with Crippen LogP contribution in [0.5, 0.6) is 0 Å². The van der Waals surface area contributed by atoms with Gasteiger partial charge in [0.1, 0.15) is 5.15 Å². The topological polar surface area (TPSA) is 76.5 Å². The minimum absolute atomic E-state index is 0. The molecule has 8 nitrogen and oxygen atoms in total. The van der Waals surface area contributed by atoms with Crippen molar-refractivity contribution in [1.82, 2.24) is 19.9 Å². The summed E-state index contributed by atoms with van der Waals surface area (Å²) >= 11 is 5.61. The maximum Gasteiger partial charge on any atom is 0.494 e. The SMILES string of the molecule is C.Cc1cnc(-c2cccc(N(c3ccccc3)c3ccccc3)c2)c(C)n1.Cc1cnc(Cl)c(C)n1.c1ccc(N(c2ccccc2)c2cccc(B3OCCO3)c2)cc1. The second kappa shape index (κ2) is 21.6. The highest BCUT2D eigenvalue weighted by Crippen LogP contribution is 2.36. The normalized spacial score (nSPS) is 11.6. The standard InChI is InChI=1S/C24H21N3.C20H18BNO2.C6H7ClN2.CH4/c1-18-17-25-24(19(2)26-18)20-10-9-15-23(16-20)27(21-11-5-3-6-12-21)22-13-7-4-8-14-22;1-3-9-18(10-4-1)22(19-11-5-2-6-12-19)20-13-7-8-17(16-20)21-23-14-15-24-21;1-4-3-8-6(7)5(2)9-4;/h3-17H,1-2H3;1-13,16H,14-15H2;3H,1-2H3;1H4. The van der Waals surface area contributed by atoms with Crippen LogP contribution in [-0.4, -0.2) is 40.3 Å². The Hall–Kier alpha value is -6.65. The van der Waals surface area contributed by atoms with E-state index in [1.54, 1.807) is 6.20 Å². The predicted molar refractivity (Wildman–Crippen MR) is 253 cm³/mol. The van der Waals surface area contributed by atoms with Gasteiger partial charge in [0.05, 0.1) is 41.7 Å². The van der Waals surface area contributed by atoms with Gasteiger partial charge in [0.15, 0.2) is 0 Å². The molecule has 3 heterocycles. The first-order chi connectivity index (χ1) is 29.3. The van der Waals surface area contributed by atoms with Crippen LogP contribution in [0, 0.1) is 27.7 Å². The summed E-state index contributed by atoms with van der Waals surface area (Å²) in [5.74, 6) is 0. The van der Waals surface area contributed by atoms with Gasteiger partial charge in [-0.3, -0.25) is 15.0 Å². The lowest BCUT2D eigenvalue weighted by Crippen LogP contribution is -2.32. The molecular formula is C51H50BClN6O2. The molecule has 0 aliphatic carbocycles. The van der Waals surface area contributed by atoms with E-state index in [-0.39, 0.29) is 14.5 Å². The van der Waals surface area contributed by atoms with E-state index in [2.05, 4.69) is 169 Å². The smallest absolute Gasteiger partial charge is 0.405 e. The number of rotatable bonds is 8. The van der Waals surface area contributed by atoms with Gasteiger partial charge in [-0.25, -0.2) is 4.98 Å². The molecule has 1 fully saturated rings. The second-order valence-electron chi connectivity index (χ2n) is 14.1. The molecule has 0 bridgehead atoms. The lowest BCUT2D eigenvalue weighted by atomic mass is 9.79. The highest BCUT2D eigenvalue weighted by atomic mass is 35.5. The van der Waals surface area contributed by atoms with Gasteiger partial charge in [0, 0.05) is 52.1 Å². The lowest BCUT2D eigenvalue weighted by molar-refractivity contribution is 0.365. The van der Waals surface area contributed by atoms with Crippen LogP contribution >= 0.6 is 11.6 Å². The maximum atomic E-state index is 5.64. The molecule has 0 radical (unpaired) electrons. The second-order valence-corrected chi connectivity index (χ2v) is 14.4. The third-order valence-corrected chi connectivity index (χ3v) is 9.90. The summed E-state index contributed by atoms with van der Waals surface area (Å²) in [4.78, 5) is 21.6. The zero-order valence-electron chi connectivity index (χ0n) is 34.2. The third kappa shape index (κ3) is 11.6. The molecule has 0 N–H and O–H groups in total. The van der Waals surface area contributed by atoms with Crippen LogP contribution in [-0.2, 0) is 9.31 Å². The van der Waals surface area contributed by atoms with Crippen molar-refractivity contribution >= 4 is 58.3 Å². The number of halogens is 1. The summed E-state index contributed by atoms with van der Waals surface area (Å²) in [6.07, 6.45) is 3.47. The first-order valence-corrected chi connectivity index (χ1v) is 20.2. The average molecular weight is 825 g/mol. The quantitative estimate of drug-likeness (QED) is 0.140. The van der Waals surface area contributed by atoms with Crippen molar-refractivity contribution in [3.05, 3.63) is 210 Å². The van der Waals surface area contributed by atoms with E-state index in [4.69, 9.17) is 20.9 Å². The van der Waals surface area contributed by atoms with Crippen LogP contribution in [0.3, 0.4) is 0 Å². The van der Waals surface area contributed by atoms with Gasteiger partial charge < -0.3 is 19.1 Å². The molecule has 0 saturated carbocycles. The van der Waals surface area contributed by atoms with E-state index in [1.807, 2.05) is 64.2 Å². The molecule has 1 saturated heterocycles. The number of nitrogens with zero attached hydrogens (tertiary/aromatic N) is 6. The Balaban J connectivity index is 0.000000168. The van der Waals surface area contributed by atoms with Gasteiger partial charge in [0.2, 0.25) is 0 Å². The van der Waals surface area contributed by atoms with Gasteiger partial charge in [-0.2, -0.15) is 0 Å². The molecule has 10 heteroatoms. The molecule has 61 heavy (non-hydrogen) atoms. The molecule has 1 aliphatic heterocycles. The molecule has 0 unspecified atom stereocenters. The Kier molecular flexibility index (Phi) is 15.5. The zero-order valence-corrected chi connectivity index (χ0v) is 34.9. The van der Waals surface area contributed by atoms with E-state index < -0.39 is 0 Å². The number of aryl methyl sites for hydroxylation is 4. The largest absolute Gasteiger partial charge is 0.494 e. The fraction of sp³-hybridized carbons (Fsp3) is 0.137. The number of benzene rings is 6. The predicted octanol–water partition coefficient (Wildman–Crippen LogP) is 12.5. The Morgan fingerprint density at radius 2 is 0.885 bits per heavy atom. The molecule has 306 valence electrons. The van der Waals surface area contributed by atoms with Crippen molar-refractivity contribution in [2.24, 2.45) is 0 Å². The molecule has 0 spiro atoms. The van der Waals surface area contributed by atoms with Crippen LogP contribution in [0.2, 0.25) is 5.15 Å². The molecule has 0 amide bonds. The summed E-state index contributed by atoms with van der Waals surface area (Å²) in [6, 6.07) is 58.3. The Morgan fingerprint density at radius 1 is 0.475 bits per heavy atom. The van der Waals surface area contributed by atoms with Crippen LogP contribution in [0.25, 0.3) is 11.3 Å². The van der Waals surface area contributed by atoms with Crippen molar-refractivity contribution in [2.45, 2.75) is 35.1 Å². The van der Waals surface area contributed by atoms with E-state index >= 15 is 0 Å². The number of aromatic nitrogens is 4. The molecule has 6 aromatic carbocycles. The third-order valence-electron chi connectivity index (χ3n) is 9.53. The van der Waals surface area contributed by atoms with Crippen molar-refractivity contribution in [3.8, 4) is 11.3 Å². The van der Waals surface area contributed by atoms with Gasteiger partial charge in [0.25, 0.3) is 0 Å².